The van der Waals surface area contributed by atoms with Gasteiger partial charge in [0.05, 0.1) is 5.56 Å². The number of fused-ring (bicyclic) bond motifs is 11. The molecule has 1 aromatic heterocycles. The van der Waals surface area contributed by atoms with Crippen molar-refractivity contribution in [3.8, 4) is 28.1 Å². The van der Waals surface area contributed by atoms with E-state index in [4.69, 9.17) is 4.74 Å². The molecule has 1 fully saturated rings. The monoisotopic (exact) mass is 682 g/mol. The minimum absolute atomic E-state index is 0.0868. The van der Waals surface area contributed by atoms with Crippen LogP contribution in [0.5, 0.6) is 5.75 Å². The van der Waals surface area contributed by atoms with Gasteiger partial charge in [-0.25, -0.2) is 0 Å². The first-order valence-electron chi connectivity index (χ1n) is 19.3. The molecule has 7 aromatic rings. The Balaban J connectivity index is 1.31. The molecule has 6 aromatic carbocycles. The molecule has 2 nitrogen and oxygen atoms in total. The Bertz CT molecular complexity index is 2700. The molecule has 254 valence electrons. The highest BCUT2D eigenvalue weighted by molar-refractivity contribution is 6.00. The van der Waals surface area contributed by atoms with Gasteiger partial charge in [-0.2, -0.15) is 4.57 Å². The first-order valence-corrected chi connectivity index (χ1v) is 19.3. The number of rotatable bonds is 2. The molecule has 0 amide bonds. The Kier molecular flexibility index (Phi) is 5.75. The van der Waals surface area contributed by atoms with Gasteiger partial charge in [0.25, 0.3) is 0 Å². The maximum Gasteiger partial charge on any atom is 0.213 e. The lowest BCUT2D eigenvalue weighted by atomic mass is 9.57. The largest absolute Gasteiger partial charge is 0.456 e. The maximum absolute atomic E-state index is 7.52. The minimum atomic E-state index is -0.392. The summed E-state index contributed by atoms with van der Waals surface area (Å²) in [5, 5.41) is 2.63. The molecule has 5 unspecified atom stereocenters. The Morgan fingerprint density at radius 3 is 2.13 bits per heavy atom. The van der Waals surface area contributed by atoms with E-state index in [1.165, 1.54) is 77.7 Å². The van der Waals surface area contributed by atoms with Crippen LogP contribution in [0.1, 0.15) is 64.8 Å². The summed E-state index contributed by atoms with van der Waals surface area (Å²) in [4.78, 5) is 0. The molecule has 5 aliphatic rings. The van der Waals surface area contributed by atoms with Crippen LogP contribution in [-0.4, -0.2) is 0 Å². The fraction of sp³-hybridized carbons (Fsp3) is 0.196. The average Bonchev–Trinajstić information content (AvgIpc) is 3.69. The summed E-state index contributed by atoms with van der Waals surface area (Å²) in [7, 11) is 0. The fourth-order valence-corrected chi connectivity index (χ4v) is 12.3. The van der Waals surface area contributed by atoms with Gasteiger partial charge in [-0.05, 0) is 98.8 Å². The minimum Gasteiger partial charge on any atom is -0.456 e. The van der Waals surface area contributed by atoms with Gasteiger partial charge in [0.1, 0.15) is 11.5 Å². The van der Waals surface area contributed by atoms with E-state index in [2.05, 4.69) is 177 Å². The number of ether oxygens (including phenoxy) is 1. The number of allylic oxidation sites excluding steroid dienone is 1. The van der Waals surface area contributed by atoms with Crippen molar-refractivity contribution < 1.29 is 9.30 Å². The average molecular weight is 683 g/mol. The van der Waals surface area contributed by atoms with Gasteiger partial charge < -0.3 is 4.74 Å². The number of nitrogens with zero attached hydrogens (tertiary/aromatic N) is 1. The van der Waals surface area contributed by atoms with Gasteiger partial charge >= 0.3 is 0 Å². The van der Waals surface area contributed by atoms with Crippen molar-refractivity contribution in [1.29, 1.82) is 0 Å². The van der Waals surface area contributed by atoms with Crippen LogP contribution in [0.3, 0.4) is 0 Å². The van der Waals surface area contributed by atoms with Crippen LogP contribution in [0.15, 0.2) is 157 Å². The summed E-state index contributed by atoms with van der Waals surface area (Å²) in [6.07, 6.45) is 3.35. The smallest absolute Gasteiger partial charge is 0.213 e. The zero-order valence-corrected chi connectivity index (χ0v) is 30.3. The van der Waals surface area contributed by atoms with Gasteiger partial charge in [0.15, 0.2) is 12.2 Å². The van der Waals surface area contributed by atoms with E-state index >= 15 is 0 Å². The third-order valence-corrected chi connectivity index (χ3v) is 14.5. The molecule has 0 saturated heterocycles. The number of hydrogen-bond acceptors (Lipinski definition) is 1. The molecule has 0 N–H and O–H groups in total. The normalized spacial score (nSPS) is 24.7. The van der Waals surface area contributed by atoms with Gasteiger partial charge in [0.2, 0.25) is 5.69 Å². The molecule has 2 aliphatic heterocycles. The van der Waals surface area contributed by atoms with E-state index in [9.17, 15) is 0 Å². The van der Waals surface area contributed by atoms with Crippen LogP contribution in [0.2, 0.25) is 0 Å². The van der Waals surface area contributed by atoms with Crippen LogP contribution in [0, 0.1) is 24.2 Å². The first-order chi connectivity index (χ1) is 26.0. The quantitative estimate of drug-likeness (QED) is 0.165. The second-order valence-electron chi connectivity index (χ2n) is 16.4. The van der Waals surface area contributed by atoms with E-state index in [-0.39, 0.29) is 23.3 Å². The maximum atomic E-state index is 7.52. The lowest BCUT2D eigenvalue weighted by Crippen LogP contribution is -2.48. The van der Waals surface area contributed by atoms with E-state index in [1.54, 1.807) is 0 Å². The van der Waals surface area contributed by atoms with Gasteiger partial charge in [-0.1, -0.05) is 122 Å². The van der Waals surface area contributed by atoms with Crippen LogP contribution >= 0.6 is 0 Å². The second kappa shape index (κ2) is 10.2. The summed E-state index contributed by atoms with van der Waals surface area (Å²) in [6.45, 7) is 7.33. The summed E-state index contributed by atoms with van der Waals surface area (Å²) in [5.41, 5.74) is 15.7. The van der Waals surface area contributed by atoms with E-state index < -0.39 is 5.41 Å². The van der Waals surface area contributed by atoms with Crippen molar-refractivity contribution >= 4 is 16.5 Å². The molecule has 6 bridgehead atoms. The van der Waals surface area contributed by atoms with Gasteiger partial charge in [-0.15, -0.1) is 0 Å². The van der Waals surface area contributed by atoms with Crippen LogP contribution in [0.4, 0.5) is 0 Å². The molecule has 0 spiro atoms. The Hall–Kier alpha value is -5.73. The fourth-order valence-electron chi connectivity index (χ4n) is 12.3. The third-order valence-electron chi connectivity index (χ3n) is 14.5. The van der Waals surface area contributed by atoms with Crippen LogP contribution in [0.25, 0.3) is 38.9 Å². The molecular formula is C51H40NO+. The number of benzene rings is 6. The predicted octanol–water partition coefficient (Wildman–Crippen LogP) is 11.4. The van der Waals surface area contributed by atoms with Crippen molar-refractivity contribution in [3.63, 3.8) is 0 Å². The number of hydrogen-bond donors (Lipinski definition) is 0. The van der Waals surface area contributed by atoms with Gasteiger partial charge in [0, 0.05) is 46.8 Å². The van der Waals surface area contributed by atoms with Crippen molar-refractivity contribution in [1.82, 2.24) is 0 Å². The Labute approximate surface area is 311 Å². The van der Waals surface area contributed by atoms with Crippen LogP contribution in [-0.2, 0) is 11.8 Å². The highest BCUT2D eigenvalue weighted by atomic mass is 16.5. The Morgan fingerprint density at radius 1 is 0.642 bits per heavy atom. The number of pyridine rings is 1. The molecule has 0 radical (unpaired) electrons. The lowest BCUT2D eigenvalue weighted by Gasteiger charge is -2.45. The van der Waals surface area contributed by atoms with Crippen molar-refractivity contribution in [2.24, 2.45) is 17.3 Å². The molecule has 3 heterocycles. The molecule has 1 saturated carbocycles. The molecule has 2 heteroatoms. The second-order valence-corrected chi connectivity index (χ2v) is 16.4. The number of aromatic nitrogens is 1. The Morgan fingerprint density at radius 2 is 1.34 bits per heavy atom. The van der Waals surface area contributed by atoms with E-state index in [0.29, 0.717) is 5.92 Å². The molecule has 3 aliphatic carbocycles. The first kappa shape index (κ1) is 29.8. The highest BCUT2D eigenvalue weighted by Crippen LogP contribution is 2.79. The molecule has 12 rings (SSSR count). The van der Waals surface area contributed by atoms with Crippen molar-refractivity contribution in [2.75, 3.05) is 0 Å². The summed E-state index contributed by atoms with van der Waals surface area (Å²) < 4.78 is 10.2. The van der Waals surface area contributed by atoms with Crippen molar-refractivity contribution in [3.05, 3.63) is 196 Å². The van der Waals surface area contributed by atoms with E-state index in [0.717, 1.165) is 17.9 Å². The van der Waals surface area contributed by atoms with Crippen molar-refractivity contribution in [2.45, 2.75) is 44.6 Å². The molecule has 53 heavy (non-hydrogen) atoms. The van der Waals surface area contributed by atoms with Crippen LogP contribution < -0.4 is 9.30 Å². The zero-order valence-electron chi connectivity index (χ0n) is 30.3. The summed E-state index contributed by atoms with van der Waals surface area (Å²) >= 11 is 0. The highest BCUT2D eigenvalue weighted by Gasteiger charge is 2.77. The summed E-state index contributed by atoms with van der Waals surface area (Å²) in [6, 6.07) is 55.7. The third kappa shape index (κ3) is 3.53. The zero-order chi connectivity index (χ0) is 35.2. The SMILES string of the molecule is CC1=C2Oc3ccc4c(c3C)C(c3ccccc3-4)C(c3ccccc3)(c3ccccc3)C3C(C4Cc5c(ccc6cccc2c56)-c2cccc[n+]24)C13C. The summed E-state index contributed by atoms with van der Waals surface area (Å²) in [5.74, 6) is 2.65. The van der Waals surface area contributed by atoms with Gasteiger partial charge in [-0.3, -0.25) is 0 Å². The molecule has 5 atom stereocenters. The molecular weight excluding hydrogens is 643 g/mol. The lowest BCUT2D eigenvalue weighted by molar-refractivity contribution is -0.719. The standard InChI is InChI=1S/C51H40NO/c1-30-43-27-26-37-35-20-10-11-21-38(35)46(44(30)37)51(33-16-6-4-7-17-33,34-18-8-5-9-19-34)49-47-42-29-40-36(41-23-12-13-28-52(41)42)25-24-32-15-14-22-39(45(32)40)48(53-43)31(2)50(47,49)3/h4-28,42,46-47,49H,29H2,1-3H3/q+1. The topological polar surface area (TPSA) is 13.1 Å². The van der Waals surface area contributed by atoms with E-state index in [1.807, 2.05) is 0 Å². The predicted molar refractivity (Wildman–Crippen MR) is 213 cm³/mol.